The third-order valence-corrected chi connectivity index (χ3v) is 5.89. The summed E-state index contributed by atoms with van der Waals surface area (Å²) in [6.07, 6.45) is 0. The molecule has 0 radical (unpaired) electrons. The second-order valence-corrected chi connectivity index (χ2v) is 7.78. The number of carbonyl (C=O) groups excluding carboxylic acids is 1. The van der Waals surface area contributed by atoms with Crippen molar-refractivity contribution in [3.63, 3.8) is 0 Å². The third-order valence-electron chi connectivity index (χ3n) is 5.89. The lowest BCUT2D eigenvalue weighted by Crippen LogP contribution is -2.36. The normalized spacial score (nSPS) is 21.4. The van der Waals surface area contributed by atoms with Gasteiger partial charge in [-0.1, -0.05) is 18.2 Å². The fourth-order valence-corrected chi connectivity index (χ4v) is 4.31. The van der Waals surface area contributed by atoms with Crippen molar-refractivity contribution in [1.29, 1.82) is 0 Å². The van der Waals surface area contributed by atoms with Gasteiger partial charge in [0.25, 0.3) is 0 Å². The van der Waals surface area contributed by atoms with Crippen molar-refractivity contribution in [2.24, 2.45) is 11.8 Å². The lowest BCUT2D eigenvalue weighted by atomic mass is 10.0. The van der Waals surface area contributed by atoms with Crippen LogP contribution in [0.5, 0.6) is 0 Å². The number of benzene rings is 1. The topological polar surface area (TPSA) is 78.7 Å². The minimum atomic E-state index is -0.00471. The van der Waals surface area contributed by atoms with Crippen molar-refractivity contribution in [3.8, 4) is 0 Å². The Morgan fingerprint density at radius 3 is 2.50 bits per heavy atom. The highest BCUT2D eigenvalue weighted by Crippen LogP contribution is 2.33. The summed E-state index contributed by atoms with van der Waals surface area (Å²) in [6.45, 7) is 7.31. The van der Waals surface area contributed by atoms with Crippen LogP contribution < -0.4 is 10.2 Å². The molecule has 5 rings (SSSR count). The number of aromatic nitrogens is 4. The van der Waals surface area contributed by atoms with E-state index in [4.69, 9.17) is 0 Å². The van der Waals surface area contributed by atoms with Gasteiger partial charge in [-0.05, 0) is 37.6 Å². The molecule has 2 fully saturated rings. The number of urea groups is 1. The molecule has 4 heterocycles. The number of hydrogen-bond donors (Lipinski definition) is 1. The van der Waals surface area contributed by atoms with E-state index in [1.165, 1.54) is 0 Å². The van der Waals surface area contributed by atoms with Crippen LogP contribution in [0.3, 0.4) is 0 Å². The molecule has 0 bridgehead atoms. The van der Waals surface area contributed by atoms with Gasteiger partial charge in [-0.2, -0.15) is 4.52 Å². The Morgan fingerprint density at radius 1 is 1.00 bits per heavy atom. The Labute approximate surface area is 163 Å². The molecule has 3 aromatic rings. The zero-order chi connectivity index (χ0) is 19.3. The smallest absolute Gasteiger partial charge is 0.321 e. The first-order chi connectivity index (χ1) is 13.6. The first-order valence-corrected chi connectivity index (χ1v) is 9.64. The number of fused-ring (bicyclic) bond motifs is 2. The quantitative estimate of drug-likeness (QED) is 0.742. The van der Waals surface area contributed by atoms with Gasteiger partial charge in [0.15, 0.2) is 11.5 Å². The number of amides is 2. The summed E-state index contributed by atoms with van der Waals surface area (Å²) in [5.41, 5.74) is 2.72. The van der Waals surface area contributed by atoms with E-state index in [0.717, 1.165) is 54.7 Å². The first-order valence-electron chi connectivity index (χ1n) is 9.64. The van der Waals surface area contributed by atoms with Crippen molar-refractivity contribution in [2.75, 3.05) is 36.4 Å². The van der Waals surface area contributed by atoms with Gasteiger partial charge in [-0.3, -0.25) is 0 Å². The van der Waals surface area contributed by atoms with Gasteiger partial charge >= 0.3 is 6.03 Å². The maximum absolute atomic E-state index is 12.7. The summed E-state index contributed by atoms with van der Waals surface area (Å²) >= 11 is 0. The van der Waals surface area contributed by atoms with Crippen LogP contribution in [0.1, 0.15) is 11.4 Å². The molecular weight excluding hydrogens is 354 g/mol. The van der Waals surface area contributed by atoms with Gasteiger partial charge in [0.05, 0.1) is 0 Å². The summed E-state index contributed by atoms with van der Waals surface area (Å²) in [5.74, 6) is 2.68. The molecule has 8 heteroatoms. The summed E-state index contributed by atoms with van der Waals surface area (Å²) < 4.78 is 1.78. The van der Waals surface area contributed by atoms with E-state index in [1.807, 2.05) is 55.1 Å². The Hall–Kier alpha value is -3.16. The number of carbonyl (C=O) groups is 1. The maximum atomic E-state index is 12.7. The number of rotatable bonds is 2. The zero-order valence-electron chi connectivity index (χ0n) is 16.0. The molecule has 2 aliphatic rings. The highest BCUT2D eigenvalue weighted by molar-refractivity contribution is 5.90. The molecule has 0 aliphatic carbocycles. The molecule has 28 heavy (non-hydrogen) atoms. The highest BCUT2D eigenvalue weighted by atomic mass is 16.2. The fourth-order valence-electron chi connectivity index (χ4n) is 4.31. The summed E-state index contributed by atoms with van der Waals surface area (Å²) in [4.78, 5) is 16.9. The van der Waals surface area contributed by atoms with E-state index in [0.29, 0.717) is 11.8 Å². The van der Waals surface area contributed by atoms with Gasteiger partial charge in [0.1, 0.15) is 5.82 Å². The van der Waals surface area contributed by atoms with Crippen LogP contribution in [0.4, 0.5) is 16.3 Å². The maximum Gasteiger partial charge on any atom is 0.321 e. The predicted octanol–water partition coefficient (Wildman–Crippen LogP) is 2.34. The first kappa shape index (κ1) is 17.0. The Kier molecular flexibility index (Phi) is 3.92. The SMILES string of the molecule is Cc1ccccc1NC(=O)N1CC2CN(c3ccc4nnc(C)n4n3)CC2C1. The van der Waals surface area contributed by atoms with Crippen molar-refractivity contribution in [3.05, 3.63) is 47.8 Å². The number of nitrogens with zero attached hydrogens (tertiary/aromatic N) is 6. The number of anilines is 2. The van der Waals surface area contributed by atoms with Crippen molar-refractivity contribution < 1.29 is 4.79 Å². The molecule has 1 aromatic carbocycles. The molecule has 0 spiro atoms. The Balaban J connectivity index is 1.25. The van der Waals surface area contributed by atoms with Crippen LogP contribution in [0.25, 0.3) is 5.65 Å². The molecule has 2 amide bonds. The van der Waals surface area contributed by atoms with Gasteiger partial charge in [0, 0.05) is 43.7 Å². The third kappa shape index (κ3) is 2.85. The Morgan fingerprint density at radius 2 is 1.75 bits per heavy atom. The molecule has 2 unspecified atom stereocenters. The number of aryl methyl sites for hydroxylation is 2. The molecular formula is C20H23N7O. The Bertz CT molecular complexity index is 1030. The van der Waals surface area contributed by atoms with Gasteiger partial charge in [-0.15, -0.1) is 15.3 Å². The highest BCUT2D eigenvalue weighted by Gasteiger charge is 2.42. The van der Waals surface area contributed by atoms with Crippen LogP contribution in [0.2, 0.25) is 0 Å². The standard InChI is InChI=1S/C20H23N7O/c1-13-5-3-4-6-17(13)21-20(28)26-11-15-9-25(10-16(15)12-26)19-8-7-18-23-22-14(2)27(18)24-19/h3-8,15-16H,9-12H2,1-2H3,(H,21,28). The van der Waals surface area contributed by atoms with E-state index in [9.17, 15) is 4.79 Å². The molecule has 2 atom stereocenters. The summed E-state index contributed by atoms with van der Waals surface area (Å²) in [5, 5.41) is 15.9. The van der Waals surface area contributed by atoms with Crippen molar-refractivity contribution in [2.45, 2.75) is 13.8 Å². The second-order valence-electron chi connectivity index (χ2n) is 7.78. The van der Waals surface area contributed by atoms with E-state index in [1.54, 1.807) is 4.52 Å². The number of nitrogens with one attached hydrogen (secondary N) is 1. The van der Waals surface area contributed by atoms with Gasteiger partial charge in [-0.25, -0.2) is 4.79 Å². The zero-order valence-corrected chi connectivity index (χ0v) is 16.0. The molecule has 1 N–H and O–H groups in total. The average molecular weight is 377 g/mol. The molecule has 8 nitrogen and oxygen atoms in total. The molecule has 2 saturated heterocycles. The van der Waals surface area contributed by atoms with Gasteiger partial charge in [0.2, 0.25) is 0 Å². The predicted molar refractivity (Wildman–Crippen MR) is 106 cm³/mol. The minimum absolute atomic E-state index is 0.00471. The van der Waals surface area contributed by atoms with E-state index in [-0.39, 0.29) is 6.03 Å². The van der Waals surface area contributed by atoms with Crippen molar-refractivity contribution >= 4 is 23.2 Å². The van der Waals surface area contributed by atoms with Crippen LogP contribution in [-0.2, 0) is 0 Å². The van der Waals surface area contributed by atoms with Crippen LogP contribution in [0, 0.1) is 25.7 Å². The van der Waals surface area contributed by atoms with Gasteiger partial charge < -0.3 is 15.1 Å². The molecule has 144 valence electrons. The van der Waals surface area contributed by atoms with E-state index >= 15 is 0 Å². The molecule has 2 aromatic heterocycles. The van der Waals surface area contributed by atoms with E-state index < -0.39 is 0 Å². The number of para-hydroxylation sites is 1. The lowest BCUT2D eigenvalue weighted by molar-refractivity contribution is 0.219. The van der Waals surface area contributed by atoms with Crippen LogP contribution >= 0.6 is 0 Å². The monoisotopic (exact) mass is 377 g/mol. The van der Waals surface area contributed by atoms with Crippen molar-refractivity contribution in [1.82, 2.24) is 24.7 Å². The largest absolute Gasteiger partial charge is 0.354 e. The minimum Gasteiger partial charge on any atom is -0.354 e. The number of likely N-dealkylation sites (tertiary alicyclic amines) is 1. The summed E-state index contributed by atoms with van der Waals surface area (Å²) in [6, 6.07) is 11.8. The summed E-state index contributed by atoms with van der Waals surface area (Å²) in [7, 11) is 0. The van der Waals surface area contributed by atoms with Crippen LogP contribution in [-0.4, -0.2) is 56.9 Å². The average Bonchev–Trinajstić information content (AvgIpc) is 3.37. The lowest BCUT2D eigenvalue weighted by Gasteiger charge is -2.23. The molecule has 2 aliphatic heterocycles. The molecule has 0 saturated carbocycles. The fraction of sp³-hybridized carbons (Fsp3) is 0.400. The van der Waals surface area contributed by atoms with Crippen LogP contribution in [0.15, 0.2) is 36.4 Å². The number of hydrogen-bond acceptors (Lipinski definition) is 5. The van der Waals surface area contributed by atoms with E-state index in [2.05, 4.69) is 25.5 Å². The second kappa shape index (κ2) is 6.47.